The van der Waals surface area contributed by atoms with Crippen molar-refractivity contribution in [1.29, 1.82) is 0 Å². The van der Waals surface area contributed by atoms with Crippen molar-refractivity contribution in [2.45, 2.75) is 51.5 Å². The van der Waals surface area contributed by atoms with Crippen molar-refractivity contribution in [3.8, 4) is 0 Å². The topological polar surface area (TPSA) is 49.3 Å². The summed E-state index contributed by atoms with van der Waals surface area (Å²) in [5, 5.41) is 13.1. The number of halogens is 1. The van der Waals surface area contributed by atoms with Crippen molar-refractivity contribution in [1.82, 2.24) is 0 Å². The molecule has 3 nitrogen and oxygen atoms in total. The van der Waals surface area contributed by atoms with Crippen LogP contribution in [0.5, 0.6) is 0 Å². The lowest BCUT2D eigenvalue weighted by Gasteiger charge is -2.20. The number of benzene rings is 1. The smallest absolute Gasteiger partial charge is 0.336 e. The second kappa shape index (κ2) is 6.29. The van der Waals surface area contributed by atoms with Gasteiger partial charge in [-0.1, -0.05) is 37.3 Å². The minimum Gasteiger partial charge on any atom is -0.478 e. The van der Waals surface area contributed by atoms with Gasteiger partial charge in [0.1, 0.15) is 0 Å². The van der Waals surface area contributed by atoms with Crippen LogP contribution < -0.4 is 5.32 Å². The van der Waals surface area contributed by atoms with E-state index in [-0.39, 0.29) is 5.56 Å². The number of rotatable bonds is 3. The summed E-state index contributed by atoms with van der Waals surface area (Å²) in [4.78, 5) is 11.2. The van der Waals surface area contributed by atoms with Crippen molar-refractivity contribution in [3.63, 3.8) is 0 Å². The SMILES string of the molecule is Cc1c(NC2CCCCCC2)cc(Cl)cc1C(=O)O. The van der Waals surface area contributed by atoms with E-state index in [0.29, 0.717) is 11.1 Å². The largest absolute Gasteiger partial charge is 0.478 e. The Hall–Kier alpha value is -1.22. The molecule has 0 unspecified atom stereocenters. The zero-order valence-corrected chi connectivity index (χ0v) is 12.0. The van der Waals surface area contributed by atoms with E-state index in [1.54, 1.807) is 0 Å². The van der Waals surface area contributed by atoms with Crippen LogP contribution in [0, 0.1) is 6.92 Å². The fourth-order valence-corrected chi connectivity index (χ4v) is 2.91. The maximum atomic E-state index is 11.2. The van der Waals surface area contributed by atoms with E-state index in [1.165, 1.54) is 31.7 Å². The molecule has 104 valence electrons. The molecule has 1 aliphatic carbocycles. The van der Waals surface area contributed by atoms with Gasteiger partial charge in [0.05, 0.1) is 5.56 Å². The summed E-state index contributed by atoms with van der Waals surface area (Å²) in [6, 6.07) is 3.77. The lowest BCUT2D eigenvalue weighted by atomic mass is 10.0. The summed E-state index contributed by atoms with van der Waals surface area (Å²) in [5.74, 6) is -0.927. The van der Waals surface area contributed by atoms with Gasteiger partial charge in [0.25, 0.3) is 0 Å². The van der Waals surface area contributed by atoms with Crippen LogP contribution in [0.4, 0.5) is 5.69 Å². The molecule has 1 aromatic rings. The van der Waals surface area contributed by atoms with E-state index in [0.717, 1.165) is 24.1 Å². The molecule has 0 heterocycles. The maximum Gasteiger partial charge on any atom is 0.336 e. The average Bonchev–Trinajstić information content (AvgIpc) is 2.61. The van der Waals surface area contributed by atoms with Crippen LogP contribution in [0.3, 0.4) is 0 Å². The van der Waals surface area contributed by atoms with Crippen LogP contribution in [0.2, 0.25) is 5.02 Å². The number of hydrogen-bond acceptors (Lipinski definition) is 2. The predicted molar refractivity (Wildman–Crippen MR) is 78.3 cm³/mol. The first-order valence-corrected chi connectivity index (χ1v) is 7.25. The first kappa shape index (κ1) is 14.2. The van der Waals surface area contributed by atoms with Crippen molar-refractivity contribution in [3.05, 3.63) is 28.3 Å². The monoisotopic (exact) mass is 281 g/mol. The highest BCUT2D eigenvalue weighted by molar-refractivity contribution is 6.31. The van der Waals surface area contributed by atoms with Crippen molar-refractivity contribution < 1.29 is 9.90 Å². The summed E-state index contributed by atoms with van der Waals surface area (Å²) in [6.45, 7) is 1.83. The van der Waals surface area contributed by atoms with E-state index in [1.807, 2.05) is 13.0 Å². The number of aromatic carboxylic acids is 1. The van der Waals surface area contributed by atoms with Gasteiger partial charge in [-0.2, -0.15) is 0 Å². The molecule has 0 amide bonds. The molecule has 1 fully saturated rings. The zero-order chi connectivity index (χ0) is 13.8. The number of nitrogens with one attached hydrogen (secondary N) is 1. The molecule has 2 rings (SSSR count). The molecule has 0 aromatic heterocycles. The third-order valence-corrected chi connectivity index (χ3v) is 4.04. The number of anilines is 1. The van der Waals surface area contributed by atoms with E-state index >= 15 is 0 Å². The van der Waals surface area contributed by atoms with E-state index in [9.17, 15) is 9.90 Å². The number of carboxylic acids is 1. The molecule has 0 saturated heterocycles. The Morgan fingerprint density at radius 1 is 1.26 bits per heavy atom. The van der Waals surface area contributed by atoms with Crippen LogP contribution in [0.25, 0.3) is 0 Å². The summed E-state index contributed by atoms with van der Waals surface area (Å²) in [7, 11) is 0. The molecule has 0 spiro atoms. The van der Waals surface area contributed by atoms with Crippen molar-refractivity contribution in [2.24, 2.45) is 0 Å². The lowest BCUT2D eigenvalue weighted by molar-refractivity contribution is 0.0696. The third-order valence-electron chi connectivity index (χ3n) is 3.82. The molecule has 0 atom stereocenters. The Labute approximate surface area is 119 Å². The van der Waals surface area contributed by atoms with E-state index < -0.39 is 5.97 Å². The highest BCUT2D eigenvalue weighted by Crippen LogP contribution is 2.28. The molecular weight excluding hydrogens is 262 g/mol. The Kier molecular flexibility index (Phi) is 4.70. The highest BCUT2D eigenvalue weighted by atomic mass is 35.5. The van der Waals surface area contributed by atoms with E-state index in [4.69, 9.17) is 11.6 Å². The van der Waals surface area contributed by atoms with Gasteiger partial charge in [0.2, 0.25) is 0 Å². The fraction of sp³-hybridized carbons (Fsp3) is 0.533. The zero-order valence-electron chi connectivity index (χ0n) is 11.2. The molecule has 2 N–H and O–H groups in total. The second-order valence-electron chi connectivity index (χ2n) is 5.26. The van der Waals surface area contributed by atoms with Gasteiger partial charge in [-0.25, -0.2) is 4.79 Å². The number of hydrogen-bond donors (Lipinski definition) is 2. The summed E-state index contributed by atoms with van der Waals surface area (Å²) < 4.78 is 0. The van der Waals surface area contributed by atoms with Gasteiger partial charge < -0.3 is 10.4 Å². The van der Waals surface area contributed by atoms with Crippen LogP contribution >= 0.6 is 11.6 Å². The minimum absolute atomic E-state index is 0.281. The molecule has 19 heavy (non-hydrogen) atoms. The Bertz CT molecular complexity index is 465. The van der Waals surface area contributed by atoms with Crippen LogP contribution in [-0.4, -0.2) is 17.1 Å². The van der Waals surface area contributed by atoms with Crippen molar-refractivity contribution >= 4 is 23.3 Å². The molecule has 1 aromatic carbocycles. The number of carbonyl (C=O) groups is 1. The van der Waals surface area contributed by atoms with Crippen LogP contribution in [-0.2, 0) is 0 Å². The van der Waals surface area contributed by atoms with Gasteiger partial charge in [0, 0.05) is 16.8 Å². The van der Waals surface area contributed by atoms with Gasteiger partial charge in [0.15, 0.2) is 0 Å². The quantitative estimate of drug-likeness (QED) is 0.803. The minimum atomic E-state index is -0.927. The molecule has 4 heteroatoms. The average molecular weight is 282 g/mol. The first-order valence-electron chi connectivity index (χ1n) is 6.88. The van der Waals surface area contributed by atoms with E-state index in [2.05, 4.69) is 5.32 Å². The summed E-state index contributed by atoms with van der Waals surface area (Å²) in [6.07, 6.45) is 7.37. The standard InChI is InChI=1S/C15H20ClNO2/c1-10-13(15(18)19)8-11(16)9-14(10)17-12-6-4-2-3-5-7-12/h8-9,12,17H,2-7H2,1H3,(H,18,19). The van der Waals surface area contributed by atoms with Crippen molar-refractivity contribution in [2.75, 3.05) is 5.32 Å². The molecule has 1 aliphatic rings. The predicted octanol–water partition coefficient (Wildman–Crippen LogP) is 4.48. The molecule has 1 saturated carbocycles. The van der Waals surface area contributed by atoms with Gasteiger partial charge in [-0.15, -0.1) is 0 Å². The number of carboxylic acid groups (broad SMARTS) is 1. The summed E-state index contributed by atoms with van der Waals surface area (Å²) in [5.41, 5.74) is 1.90. The third kappa shape index (κ3) is 3.63. The Morgan fingerprint density at radius 2 is 1.89 bits per heavy atom. The maximum absolute atomic E-state index is 11.2. The van der Waals surface area contributed by atoms with Crippen LogP contribution in [0.15, 0.2) is 12.1 Å². The Morgan fingerprint density at radius 3 is 2.47 bits per heavy atom. The lowest BCUT2D eigenvalue weighted by Crippen LogP contribution is -2.19. The molecule has 0 radical (unpaired) electrons. The second-order valence-corrected chi connectivity index (χ2v) is 5.70. The van der Waals surface area contributed by atoms with Crippen LogP contribution in [0.1, 0.15) is 54.4 Å². The van der Waals surface area contributed by atoms with Gasteiger partial charge >= 0.3 is 5.97 Å². The molecule has 0 aliphatic heterocycles. The highest BCUT2D eigenvalue weighted by Gasteiger charge is 2.16. The Balaban J connectivity index is 2.21. The first-order chi connectivity index (χ1) is 9.08. The van der Waals surface area contributed by atoms with Gasteiger partial charge in [-0.05, 0) is 37.5 Å². The fourth-order valence-electron chi connectivity index (χ4n) is 2.69. The molecule has 0 bridgehead atoms. The molecular formula is C15H20ClNO2. The normalized spacial score (nSPS) is 16.9. The van der Waals surface area contributed by atoms with Gasteiger partial charge in [-0.3, -0.25) is 0 Å². The summed E-state index contributed by atoms with van der Waals surface area (Å²) >= 11 is 6.01.